The number of ether oxygens (including phenoxy) is 1. The van der Waals surface area contributed by atoms with Crippen LogP contribution in [0.3, 0.4) is 0 Å². The maximum atomic E-state index is 12.2. The van der Waals surface area contributed by atoms with E-state index in [0.29, 0.717) is 10.0 Å². The highest BCUT2D eigenvalue weighted by Crippen LogP contribution is 2.38. The van der Waals surface area contributed by atoms with Crippen LogP contribution in [0, 0.1) is 0 Å². The molecule has 1 aromatic heterocycles. The van der Waals surface area contributed by atoms with Crippen LogP contribution < -0.4 is 10.5 Å². The maximum absolute atomic E-state index is 12.2. The second kappa shape index (κ2) is 4.70. The van der Waals surface area contributed by atoms with Gasteiger partial charge in [-0.1, -0.05) is 17.3 Å². The van der Waals surface area contributed by atoms with Crippen LogP contribution in [-0.2, 0) is 0 Å². The zero-order valence-corrected chi connectivity index (χ0v) is 9.95. The number of alkyl halides is 2. The van der Waals surface area contributed by atoms with Gasteiger partial charge in [0.1, 0.15) is 10.2 Å². The average molecular weight is 305 g/mol. The van der Waals surface area contributed by atoms with Gasteiger partial charge in [0.25, 0.3) is 0 Å². The van der Waals surface area contributed by atoms with E-state index in [1.807, 2.05) is 0 Å². The Morgan fingerprint density at radius 3 is 2.65 bits per heavy atom. The number of anilines is 1. The number of rotatable bonds is 3. The summed E-state index contributed by atoms with van der Waals surface area (Å²) in [5.41, 5.74) is 5.84. The summed E-state index contributed by atoms with van der Waals surface area (Å²) >= 11 is 3.16. The molecule has 0 saturated heterocycles. The Morgan fingerprint density at radius 1 is 1.35 bits per heavy atom. The number of hydrogen-bond donors (Lipinski definition) is 1. The van der Waals surface area contributed by atoms with Gasteiger partial charge in [-0.3, -0.25) is 0 Å². The molecule has 1 aromatic carbocycles. The SMILES string of the molecule is Nc1noc(-c2ccccc2OC(F)F)c1Br. The van der Waals surface area contributed by atoms with E-state index in [1.165, 1.54) is 6.07 Å². The standard InChI is InChI=1S/C10H7BrF2N2O2/c11-7-8(17-15-9(7)14)5-3-1-2-4-6(5)16-10(12)13/h1-4,10H,(H2,14,15). The van der Waals surface area contributed by atoms with Crippen molar-refractivity contribution in [2.45, 2.75) is 6.61 Å². The molecule has 0 fully saturated rings. The first kappa shape index (κ1) is 11.8. The first-order chi connectivity index (χ1) is 8.09. The molecule has 2 rings (SSSR count). The van der Waals surface area contributed by atoms with Crippen molar-refractivity contribution >= 4 is 21.7 Å². The molecule has 0 aliphatic heterocycles. The van der Waals surface area contributed by atoms with E-state index >= 15 is 0 Å². The molecule has 0 radical (unpaired) electrons. The van der Waals surface area contributed by atoms with Crippen LogP contribution >= 0.6 is 15.9 Å². The van der Waals surface area contributed by atoms with Crippen molar-refractivity contribution in [2.75, 3.05) is 5.73 Å². The number of nitrogens with zero attached hydrogens (tertiary/aromatic N) is 1. The predicted molar refractivity (Wildman–Crippen MR) is 60.7 cm³/mol. The largest absolute Gasteiger partial charge is 0.434 e. The minimum atomic E-state index is -2.91. The molecule has 2 aromatic rings. The molecule has 0 saturated carbocycles. The van der Waals surface area contributed by atoms with Crippen molar-refractivity contribution in [3.8, 4) is 17.1 Å². The van der Waals surface area contributed by atoms with Crippen molar-refractivity contribution in [3.63, 3.8) is 0 Å². The number of nitrogen functional groups attached to an aromatic ring is 1. The lowest BCUT2D eigenvalue weighted by Crippen LogP contribution is -2.02. The van der Waals surface area contributed by atoms with Crippen molar-refractivity contribution in [1.29, 1.82) is 0 Å². The van der Waals surface area contributed by atoms with Gasteiger partial charge in [0, 0.05) is 0 Å². The van der Waals surface area contributed by atoms with Crippen molar-refractivity contribution < 1.29 is 18.0 Å². The Balaban J connectivity index is 2.48. The topological polar surface area (TPSA) is 61.3 Å². The van der Waals surface area contributed by atoms with E-state index < -0.39 is 6.61 Å². The van der Waals surface area contributed by atoms with Gasteiger partial charge in [0.05, 0.1) is 5.56 Å². The van der Waals surface area contributed by atoms with Gasteiger partial charge in [-0.2, -0.15) is 8.78 Å². The molecule has 4 nitrogen and oxygen atoms in total. The molecule has 17 heavy (non-hydrogen) atoms. The second-order valence-electron chi connectivity index (χ2n) is 3.09. The monoisotopic (exact) mass is 304 g/mol. The molecular formula is C10H7BrF2N2O2. The molecule has 2 N–H and O–H groups in total. The highest BCUT2D eigenvalue weighted by Gasteiger charge is 2.18. The van der Waals surface area contributed by atoms with E-state index in [-0.39, 0.29) is 17.3 Å². The number of para-hydroxylation sites is 1. The summed E-state index contributed by atoms with van der Waals surface area (Å²) in [4.78, 5) is 0. The van der Waals surface area contributed by atoms with Crippen LogP contribution in [0.15, 0.2) is 33.3 Å². The Hall–Kier alpha value is -1.63. The van der Waals surface area contributed by atoms with Gasteiger partial charge in [-0.15, -0.1) is 0 Å². The summed E-state index contributed by atoms with van der Waals surface area (Å²) in [6.07, 6.45) is 0. The highest BCUT2D eigenvalue weighted by atomic mass is 79.9. The first-order valence-electron chi connectivity index (χ1n) is 4.54. The quantitative estimate of drug-likeness (QED) is 0.945. The van der Waals surface area contributed by atoms with Crippen molar-refractivity contribution in [1.82, 2.24) is 5.16 Å². The normalized spacial score (nSPS) is 10.8. The highest BCUT2D eigenvalue weighted by molar-refractivity contribution is 9.10. The number of benzene rings is 1. The number of nitrogens with two attached hydrogens (primary N) is 1. The summed E-state index contributed by atoms with van der Waals surface area (Å²) in [7, 11) is 0. The summed E-state index contributed by atoms with van der Waals surface area (Å²) in [5.74, 6) is 0.393. The lowest BCUT2D eigenvalue weighted by atomic mass is 10.1. The fourth-order valence-electron chi connectivity index (χ4n) is 1.31. The molecule has 0 spiro atoms. The Morgan fingerprint density at radius 2 is 2.06 bits per heavy atom. The van der Waals surface area contributed by atoms with Gasteiger partial charge in [0.2, 0.25) is 0 Å². The third-order valence-electron chi connectivity index (χ3n) is 2.01. The van der Waals surface area contributed by atoms with Gasteiger partial charge >= 0.3 is 6.61 Å². The van der Waals surface area contributed by atoms with Crippen LogP contribution in [-0.4, -0.2) is 11.8 Å². The van der Waals surface area contributed by atoms with E-state index in [0.717, 1.165) is 0 Å². The molecule has 7 heteroatoms. The summed E-state index contributed by atoms with van der Waals surface area (Å²) in [5, 5.41) is 3.53. The molecule has 0 aliphatic carbocycles. The van der Waals surface area contributed by atoms with Crippen molar-refractivity contribution in [3.05, 3.63) is 28.7 Å². The fraction of sp³-hybridized carbons (Fsp3) is 0.100. The Kier molecular flexibility index (Phi) is 3.28. The van der Waals surface area contributed by atoms with Gasteiger partial charge in [0.15, 0.2) is 11.6 Å². The third-order valence-corrected chi connectivity index (χ3v) is 2.77. The summed E-state index contributed by atoms with van der Waals surface area (Å²) in [6, 6.07) is 6.22. The van der Waals surface area contributed by atoms with E-state index in [9.17, 15) is 8.78 Å². The van der Waals surface area contributed by atoms with E-state index in [2.05, 4.69) is 25.8 Å². The minimum absolute atomic E-state index is 0.000602. The van der Waals surface area contributed by atoms with Crippen LogP contribution in [0.5, 0.6) is 5.75 Å². The van der Waals surface area contributed by atoms with Crippen LogP contribution in [0.2, 0.25) is 0 Å². The van der Waals surface area contributed by atoms with Gasteiger partial charge < -0.3 is 15.0 Å². The third kappa shape index (κ3) is 2.38. The smallest absolute Gasteiger partial charge is 0.387 e. The zero-order valence-electron chi connectivity index (χ0n) is 8.36. The lowest BCUT2D eigenvalue weighted by Gasteiger charge is -2.08. The predicted octanol–water partition coefficient (Wildman–Crippen LogP) is 3.29. The van der Waals surface area contributed by atoms with Gasteiger partial charge in [-0.25, -0.2) is 0 Å². The van der Waals surface area contributed by atoms with Gasteiger partial charge in [-0.05, 0) is 28.1 Å². The fourth-order valence-corrected chi connectivity index (χ4v) is 1.67. The number of hydrogen-bond acceptors (Lipinski definition) is 4. The molecule has 0 unspecified atom stereocenters. The summed E-state index contributed by atoms with van der Waals surface area (Å²) < 4.78 is 34.2. The Labute approximate surface area is 103 Å². The molecular weight excluding hydrogens is 298 g/mol. The second-order valence-corrected chi connectivity index (χ2v) is 3.88. The van der Waals surface area contributed by atoms with Crippen LogP contribution in [0.25, 0.3) is 11.3 Å². The Bertz CT molecular complexity index is 531. The zero-order chi connectivity index (χ0) is 12.4. The summed E-state index contributed by atoms with van der Waals surface area (Å²) in [6.45, 7) is -2.91. The van der Waals surface area contributed by atoms with E-state index in [1.54, 1.807) is 18.2 Å². The van der Waals surface area contributed by atoms with Crippen LogP contribution in [0.1, 0.15) is 0 Å². The maximum Gasteiger partial charge on any atom is 0.387 e. The minimum Gasteiger partial charge on any atom is -0.434 e. The molecule has 0 atom stereocenters. The molecule has 0 bridgehead atoms. The molecule has 90 valence electrons. The average Bonchev–Trinajstić information content (AvgIpc) is 2.60. The number of aromatic nitrogens is 1. The van der Waals surface area contributed by atoms with Crippen molar-refractivity contribution in [2.24, 2.45) is 0 Å². The molecule has 0 aliphatic rings. The first-order valence-corrected chi connectivity index (χ1v) is 5.33. The molecule has 0 amide bonds. The lowest BCUT2D eigenvalue weighted by molar-refractivity contribution is -0.0495. The van der Waals surface area contributed by atoms with E-state index in [4.69, 9.17) is 10.3 Å². The number of halogens is 3. The molecule has 1 heterocycles. The van der Waals surface area contributed by atoms with Crippen LogP contribution in [0.4, 0.5) is 14.6 Å².